The zero-order chi connectivity index (χ0) is 5.98. The lowest BCUT2D eigenvalue weighted by atomic mass is 10.3. The molecule has 2 heteroatoms. The van der Waals surface area contributed by atoms with E-state index in [9.17, 15) is 0 Å². The predicted molar refractivity (Wildman–Crippen MR) is 32.6 cm³/mol. The summed E-state index contributed by atoms with van der Waals surface area (Å²) >= 11 is 0. The Labute approximate surface area is 50.4 Å². The summed E-state index contributed by atoms with van der Waals surface area (Å²) in [6.45, 7) is 6.64. The first-order valence-electron chi connectivity index (χ1n) is 2.92. The van der Waals surface area contributed by atoms with Gasteiger partial charge < -0.3 is 9.64 Å². The van der Waals surface area contributed by atoms with Gasteiger partial charge >= 0.3 is 0 Å². The number of hydrogen-bond acceptors (Lipinski definition) is 2. The average molecular weight is 114 g/mol. The van der Waals surface area contributed by atoms with E-state index in [1.54, 1.807) is 0 Å². The molecule has 0 aromatic heterocycles. The lowest BCUT2D eigenvalue weighted by Crippen LogP contribution is -2.38. The first-order valence-corrected chi connectivity index (χ1v) is 2.92. The number of morpholine rings is 1. The molecule has 1 aliphatic rings. The lowest BCUT2D eigenvalue weighted by Gasteiger charge is -2.27. The van der Waals surface area contributed by atoms with Gasteiger partial charge in [0, 0.05) is 13.1 Å². The van der Waals surface area contributed by atoms with Crippen molar-refractivity contribution < 1.29 is 4.74 Å². The van der Waals surface area contributed by atoms with E-state index < -0.39 is 0 Å². The molecule has 47 valence electrons. The van der Waals surface area contributed by atoms with E-state index in [1.165, 1.54) is 0 Å². The molecule has 2 nitrogen and oxygen atoms in total. The molecule has 0 spiro atoms. The highest BCUT2D eigenvalue weighted by Crippen LogP contribution is 1.99. The molecular weight excluding hydrogens is 102 g/mol. The van der Waals surface area contributed by atoms with E-state index in [2.05, 4.69) is 18.9 Å². The normalized spacial score (nSPS) is 33.0. The van der Waals surface area contributed by atoms with Gasteiger partial charge in [-0.3, -0.25) is 0 Å². The van der Waals surface area contributed by atoms with Crippen LogP contribution in [0.4, 0.5) is 0 Å². The average Bonchev–Trinajstić information content (AvgIpc) is 1.64. The topological polar surface area (TPSA) is 12.5 Å². The van der Waals surface area contributed by atoms with Gasteiger partial charge in [0.15, 0.2) is 0 Å². The summed E-state index contributed by atoms with van der Waals surface area (Å²) in [5.41, 5.74) is 0. The monoisotopic (exact) mass is 114 g/mol. The van der Waals surface area contributed by atoms with Crippen molar-refractivity contribution in [3.63, 3.8) is 0 Å². The molecule has 0 unspecified atom stereocenters. The number of ether oxygens (including phenoxy) is 1. The minimum Gasteiger partial charge on any atom is -0.376 e. The van der Waals surface area contributed by atoms with Crippen LogP contribution in [-0.4, -0.2) is 37.7 Å². The summed E-state index contributed by atoms with van der Waals surface area (Å²) in [5.74, 6) is 0. The second kappa shape index (κ2) is 2.46. The molecule has 0 aromatic rings. The Morgan fingerprint density at radius 3 is 2.88 bits per heavy atom. The molecule has 1 heterocycles. The first-order chi connectivity index (χ1) is 3.79. The summed E-state index contributed by atoms with van der Waals surface area (Å²) < 4.78 is 5.20. The standard InChI is InChI=1S/C6H12NO/c1-6-5-7(2)3-4-8-6/h6H,1,3-5H2,2H3/t6-/m1/s1. The molecular formula is C6H12NO. The van der Waals surface area contributed by atoms with Crippen LogP contribution in [0.25, 0.3) is 0 Å². The van der Waals surface area contributed by atoms with Crippen molar-refractivity contribution in [3.05, 3.63) is 6.92 Å². The van der Waals surface area contributed by atoms with Gasteiger partial charge in [-0.25, -0.2) is 0 Å². The van der Waals surface area contributed by atoms with E-state index in [0.29, 0.717) is 0 Å². The van der Waals surface area contributed by atoms with Crippen molar-refractivity contribution in [1.82, 2.24) is 4.90 Å². The van der Waals surface area contributed by atoms with Gasteiger partial charge in [0.2, 0.25) is 0 Å². The van der Waals surface area contributed by atoms with Crippen molar-refractivity contribution in [2.24, 2.45) is 0 Å². The second-order valence-electron chi connectivity index (χ2n) is 2.26. The van der Waals surface area contributed by atoms with Gasteiger partial charge in [0.25, 0.3) is 0 Å². The maximum atomic E-state index is 5.20. The number of nitrogens with zero attached hydrogens (tertiary/aromatic N) is 1. The molecule has 0 bridgehead atoms. The van der Waals surface area contributed by atoms with Crippen LogP contribution in [0, 0.1) is 6.92 Å². The number of hydrogen-bond donors (Lipinski definition) is 0. The zero-order valence-electron chi connectivity index (χ0n) is 5.26. The molecule has 8 heavy (non-hydrogen) atoms. The molecule has 0 amide bonds. The molecule has 1 aliphatic heterocycles. The molecule has 0 saturated carbocycles. The highest BCUT2D eigenvalue weighted by Gasteiger charge is 2.11. The molecule has 1 radical (unpaired) electrons. The fourth-order valence-electron chi connectivity index (χ4n) is 0.867. The van der Waals surface area contributed by atoms with Crippen molar-refractivity contribution in [2.75, 3.05) is 26.7 Å². The van der Waals surface area contributed by atoms with Crippen LogP contribution < -0.4 is 0 Å². The predicted octanol–water partition coefficient (Wildman–Crippen LogP) is 0.151. The summed E-state index contributed by atoms with van der Waals surface area (Å²) in [6.07, 6.45) is 0.189. The molecule has 1 saturated heterocycles. The SMILES string of the molecule is [CH2][C@@H]1CN(C)CCO1. The smallest absolute Gasteiger partial charge is 0.0703 e. The van der Waals surface area contributed by atoms with Crippen LogP contribution in [0.2, 0.25) is 0 Å². The Balaban J connectivity index is 2.23. The second-order valence-corrected chi connectivity index (χ2v) is 2.26. The Morgan fingerprint density at radius 2 is 2.50 bits per heavy atom. The van der Waals surface area contributed by atoms with Crippen molar-refractivity contribution >= 4 is 0 Å². The third-order valence-electron chi connectivity index (χ3n) is 1.34. The van der Waals surface area contributed by atoms with Crippen LogP contribution >= 0.6 is 0 Å². The van der Waals surface area contributed by atoms with Crippen LogP contribution in [0.5, 0.6) is 0 Å². The molecule has 0 N–H and O–H groups in total. The zero-order valence-corrected chi connectivity index (χ0v) is 5.26. The van der Waals surface area contributed by atoms with E-state index in [-0.39, 0.29) is 6.10 Å². The Bertz CT molecular complexity index is 66.9. The quantitative estimate of drug-likeness (QED) is 0.444. The van der Waals surface area contributed by atoms with Gasteiger partial charge in [-0.05, 0) is 14.0 Å². The van der Waals surface area contributed by atoms with Crippen molar-refractivity contribution in [1.29, 1.82) is 0 Å². The lowest BCUT2D eigenvalue weighted by molar-refractivity contribution is 0.00542. The highest BCUT2D eigenvalue weighted by molar-refractivity contribution is 4.69. The minimum atomic E-state index is 0.189. The molecule has 0 aromatic carbocycles. The fraction of sp³-hybridized carbons (Fsp3) is 0.833. The van der Waals surface area contributed by atoms with Gasteiger partial charge in [-0.1, -0.05) is 0 Å². The fourth-order valence-corrected chi connectivity index (χ4v) is 0.867. The summed E-state index contributed by atoms with van der Waals surface area (Å²) in [4.78, 5) is 2.22. The maximum absolute atomic E-state index is 5.20. The van der Waals surface area contributed by atoms with Gasteiger partial charge in [0.1, 0.15) is 0 Å². The Kier molecular flexibility index (Phi) is 1.86. The summed E-state index contributed by atoms with van der Waals surface area (Å²) in [7, 11) is 2.08. The van der Waals surface area contributed by atoms with Crippen LogP contribution in [-0.2, 0) is 4.74 Å². The van der Waals surface area contributed by atoms with Crippen molar-refractivity contribution in [3.8, 4) is 0 Å². The largest absolute Gasteiger partial charge is 0.376 e. The van der Waals surface area contributed by atoms with Gasteiger partial charge in [-0.2, -0.15) is 0 Å². The van der Waals surface area contributed by atoms with Crippen LogP contribution in [0.3, 0.4) is 0 Å². The molecule has 1 atom stereocenters. The third kappa shape index (κ3) is 1.46. The van der Waals surface area contributed by atoms with Crippen LogP contribution in [0.1, 0.15) is 0 Å². The Hall–Kier alpha value is -0.0800. The summed E-state index contributed by atoms with van der Waals surface area (Å²) in [6, 6.07) is 0. The van der Waals surface area contributed by atoms with Gasteiger partial charge in [0.05, 0.1) is 12.7 Å². The number of rotatable bonds is 0. The maximum Gasteiger partial charge on any atom is 0.0703 e. The summed E-state index contributed by atoms with van der Waals surface area (Å²) in [5, 5.41) is 0. The van der Waals surface area contributed by atoms with E-state index in [4.69, 9.17) is 4.74 Å². The van der Waals surface area contributed by atoms with E-state index in [0.717, 1.165) is 19.7 Å². The first kappa shape index (κ1) is 6.05. The number of likely N-dealkylation sites (N-methyl/N-ethyl adjacent to an activating group) is 1. The van der Waals surface area contributed by atoms with Crippen molar-refractivity contribution in [2.45, 2.75) is 6.10 Å². The third-order valence-corrected chi connectivity index (χ3v) is 1.34. The van der Waals surface area contributed by atoms with Crippen LogP contribution in [0.15, 0.2) is 0 Å². The van der Waals surface area contributed by atoms with E-state index >= 15 is 0 Å². The highest BCUT2D eigenvalue weighted by atomic mass is 16.5. The Morgan fingerprint density at radius 1 is 1.75 bits per heavy atom. The minimum absolute atomic E-state index is 0.189. The molecule has 1 rings (SSSR count). The van der Waals surface area contributed by atoms with E-state index in [1.807, 2.05) is 0 Å². The van der Waals surface area contributed by atoms with Gasteiger partial charge in [-0.15, -0.1) is 0 Å². The molecule has 0 aliphatic carbocycles. The molecule has 1 fully saturated rings.